The van der Waals surface area contributed by atoms with Crippen molar-refractivity contribution in [3.63, 3.8) is 0 Å². The molecule has 0 bridgehead atoms. The average Bonchev–Trinajstić information content (AvgIpc) is 2.69. The molecule has 30 heavy (non-hydrogen) atoms. The fraction of sp³-hybridized carbons (Fsp3) is 0.235. The number of rotatable bonds is 9. The van der Waals surface area contributed by atoms with Crippen LogP contribution in [0.15, 0.2) is 46.4 Å². The van der Waals surface area contributed by atoms with Crippen LogP contribution in [0.4, 0.5) is 17.1 Å². The molecule has 0 aliphatic heterocycles. The predicted octanol–water partition coefficient (Wildman–Crippen LogP) is 3.63. The van der Waals surface area contributed by atoms with E-state index in [1.54, 1.807) is 13.8 Å². The quantitative estimate of drug-likeness (QED) is 0.344. The van der Waals surface area contributed by atoms with Crippen LogP contribution in [0.25, 0.3) is 0 Å². The first-order chi connectivity index (χ1) is 14.1. The zero-order chi connectivity index (χ0) is 22.5. The predicted molar refractivity (Wildman–Crippen MR) is 113 cm³/mol. The molecule has 1 N–H and O–H groups in total. The molecule has 0 saturated heterocycles. The third kappa shape index (κ3) is 5.09. The molecule has 2 aromatic rings. The number of nitro groups is 2. The van der Waals surface area contributed by atoms with Gasteiger partial charge < -0.3 is 0 Å². The molecule has 0 atom stereocenters. The Morgan fingerprint density at radius 1 is 1.07 bits per heavy atom. The molecule has 0 aromatic heterocycles. The Labute approximate surface area is 177 Å². The van der Waals surface area contributed by atoms with Gasteiger partial charge in [-0.25, -0.2) is 8.42 Å². The van der Waals surface area contributed by atoms with Crippen molar-refractivity contribution in [2.45, 2.75) is 18.7 Å². The van der Waals surface area contributed by atoms with Crippen LogP contribution < -0.4 is 5.43 Å². The van der Waals surface area contributed by atoms with Gasteiger partial charge in [-0.1, -0.05) is 25.4 Å². The van der Waals surface area contributed by atoms with Crippen molar-refractivity contribution >= 4 is 44.9 Å². The second-order valence-electron chi connectivity index (χ2n) is 5.86. The molecular formula is C17H18ClN5O6S. The Balaban J connectivity index is 2.45. The van der Waals surface area contributed by atoms with Gasteiger partial charge in [0.15, 0.2) is 0 Å². The highest BCUT2D eigenvalue weighted by molar-refractivity contribution is 7.89. The molecule has 0 saturated carbocycles. The second kappa shape index (κ2) is 9.61. The van der Waals surface area contributed by atoms with Gasteiger partial charge in [0, 0.05) is 47.9 Å². The van der Waals surface area contributed by atoms with Crippen LogP contribution in [0.5, 0.6) is 0 Å². The first-order valence-electron chi connectivity index (χ1n) is 8.63. The van der Waals surface area contributed by atoms with E-state index >= 15 is 0 Å². The van der Waals surface area contributed by atoms with Crippen molar-refractivity contribution in [1.82, 2.24) is 4.31 Å². The minimum Gasteiger partial charge on any atom is -0.277 e. The van der Waals surface area contributed by atoms with E-state index in [1.165, 1.54) is 30.5 Å². The molecule has 11 nitrogen and oxygen atoms in total. The topological polar surface area (TPSA) is 148 Å². The molecule has 160 valence electrons. The Morgan fingerprint density at radius 2 is 1.63 bits per heavy atom. The Kier molecular flexibility index (Phi) is 7.43. The summed E-state index contributed by atoms with van der Waals surface area (Å²) >= 11 is 6.00. The first kappa shape index (κ1) is 23.2. The monoisotopic (exact) mass is 455 g/mol. The van der Waals surface area contributed by atoms with E-state index < -0.39 is 25.6 Å². The molecule has 0 amide bonds. The molecule has 0 heterocycles. The minimum absolute atomic E-state index is 0.00491. The maximum Gasteiger partial charge on any atom is 0.270 e. The molecule has 0 spiro atoms. The highest BCUT2D eigenvalue weighted by atomic mass is 35.5. The number of nitrogens with one attached hydrogen (secondary N) is 1. The van der Waals surface area contributed by atoms with E-state index in [1.807, 2.05) is 0 Å². The number of hydrogen-bond donors (Lipinski definition) is 1. The summed E-state index contributed by atoms with van der Waals surface area (Å²) in [6.07, 6.45) is 1.19. The molecule has 0 radical (unpaired) electrons. The van der Waals surface area contributed by atoms with Crippen molar-refractivity contribution in [1.29, 1.82) is 0 Å². The van der Waals surface area contributed by atoms with Gasteiger partial charge >= 0.3 is 0 Å². The molecule has 2 rings (SSSR count). The number of hydrazone groups is 1. The zero-order valence-electron chi connectivity index (χ0n) is 16.0. The number of halogens is 1. The number of nitrogens with zero attached hydrogens (tertiary/aromatic N) is 4. The average molecular weight is 456 g/mol. The van der Waals surface area contributed by atoms with Crippen LogP contribution >= 0.6 is 11.6 Å². The fourth-order valence-corrected chi connectivity index (χ4v) is 4.33. The van der Waals surface area contributed by atoms with Crippen molar-refractivity contribution < 1.29 is 18.3 Å². The summed E-state index contributed by atoms with van der Waals surface area (Å²) in [6.45, 7) is 3.64. The fourth-order valence-electron chi connectivity index (χ4n) is 2.55. The lowest BCUT2D eigenvalue weighted by molar-refractivity contribution is -0.385. The molecule has 0 aliphatic rings. The van der Waals surface area contributed by atoms with E-state index in [9.17, 15) is 28.6 Å². The summed E-state index contributed by atoms with van der Waals surface area (Å²) in [4.78, 5) is 20.4. The molecular weight excluding hydrogens is 438 g/mol. The summed E-state index contributed by atoms with van der Waals surface area (Å²) in [6, 6.07) is 7.09. The number of non-ortho nitro benzene ring substituents is 2. The Morgan fingerprint density at radius 3 is 2.20 bits per heavy atom. The van der Waals surface area contributed by atoms with E-state index in [4.69, 9.17) is 11.6 Å². The molecule has 0 aliphatic carbocycles. The SMILES string of the molecule is CCN(CC)S(=O)(=O)c1cc([N+](=O)[O-])ccc1N/N=C/c1cc([N+](=O)[O-])ccc1Cl. The maximum absolute atomic E-state index is 12.9. The van der Waals surface area contributed by atoms with Crippen LogP contribution in [0, 0.1) is 20.2 Å². The largest absolute Gasteiger partial charge is 0.277 e. The lowest BCUT2D eigenvalue weighted by atomic mass is 10.2. The van der Waals surface area contributed by atoms with Crippen molar-refractivity contribution in [2.24, 2.45) is 5.10 Å². The van der Waals surface area contributed by atoms with Gasteiger partial charge in [-0.2, -0.15) is 9.41 Å². The number of nitro benzene ring substituents is 2. The van der Waals surface area contributed by atoms with Crippen molar-refractivity contribution in [2.75, 3.05) is 18.5 Å². The van der Waals surface area contributed by atoms with Gasteiger partial charge in [0.25, 0.3) is 11.4 Å². The van der Waals surface area contributed by atoms with Crippen LogP contribution in [0.1, 0.15) is 19.4 Å². The third-order valence-electron chi connectivity index (χ3n) is 4.08. The van der Waals surface area contributed by atoms with Gasteiger partial charge in [-0.05, 0) is 12.1 Å². The summed E-state index contributed by atoms with van der Waals surface area (Å²) in [5, 5.41) is 26.1. The van der Waals surface area contributed by atoms with Gasteiger partial charge in [0.2, 0.25) is 10.0 Å². The number of anilines is 1. The zero-order valence-corrected chi connectivity index (χ0v) is 17.6. The van der Waals surface area contributed by atoms with E-state index in [2.05, 4.69) is 10.5 Å². The van der Waals surface area contributed by atoms with Gasteiger partial charge in [0.05, 0.1) is 21.7 Å². The normalized spacial score (nSPS) is 11.7. The number of benzene rings is 2. The van der Waals surface area contributed by atoms with Crippen LogP contribution in [-0.2, 0) is 10.0 Å². The maximum atomic E-state index is 12.9. The van der Waals surface area contributed by atoms with Crippen LogP contribution in [0.3, 0.4) is 0 Å². The van der Waals surface area contributed by atoms with E-state index in [-0.39, 0.29) is 39.9 Å². The van der Waals surface area contributed by atoms with Gasteiger partial charge in [-0.15, -0.1) is 0 Å². The lowest BCUT2D eigenvalue weighted by Crippen LogP contribution is -2.31. The molecule has 2 aromatic carbocycles. The summed E-state index contributed by atoms with van der Waals surface area (Å²) in [5.74, 6) is 0. The summed E-state index contributed by atoms with van der Waals surface area (Å²) < 4.78 is 27.0. The first-order valence-corrected chi connectivity index (χ1v) is 10.4. The standard InChI is InChI=1S/C17H18ClN5O6S/c1-3-21(4-2)30(28,29)17-10-14(23(26)27)6-8-16(17)20-19-11-12-9-13(22(24)25)5-7-15(12)18/h5-11,20H,3-4H2,1-2H3/b19-11+. The molecule has 13 heteroatoms. The van der Waals surface area contributed by atoms with E-state index in [0.717, 1.165) is 16.4 Å². The Bertz CT molecular complexity index is 1100. The highest BCUT2D eigenvalue weighted by Crippen LogP contribution is 2.29. The second-order valence-corrected chi connectivity index (χ2v) is 8.17. The number of hydrogen-bond acceptors (Lipinski definition) is 8. The van der Waals surface area contributed by atoms with Crippen LogP contribution in [-0.4, -0.2) is 41.9 Å². The van der Waals surface area contributed by atoms with Gasteiger partial charge in [-0.3, -0.25) is 25.7 Å². The smallest absolute Gasteiger partial charge is 0.270 e. The summed E-state index contributed by atoms with van der Waals surface area (Å²) in [7, 11) is -4.03. The van der Waals surface area contributed by atoms with Gasteiger partial charge in [0.1, 0.15) is 4.90 Å². The minimum atomic E-state index is -4.03. The highest BCUT2D eigenvalue weighted by Gasteiger charge is 2.27. The van der Waals surface area contributed by atoms with Crippen LogP contribution in [0.2, 0.25) is 5.02 Å². The van der Waals surface area contributed by atoms with Crippen molar-refractivity contribution in [3.05, 3.63) is 67.2 Å². The molecule has 0 unspecified atom stereocenters. The lowest BCUT2D eigenvalue weighted by Gasteiger charge is -2.20. The third-order valence-corrected chi connectivity index (χ3v) is 6.51. The van der Waals surface area contributed by atoms with Crippen molar-refractivity contribution in [3.8, 4) is 0 Å². The number of sulfonamides is 1. The summed E-state index contributed by atoms with van der Waals surface area (Å²) in [5.41, 5.74) is 2.18. The Hall–Kier alpha value is -3.09. The van der Waals surface area contributed by atoms with E-state index in [0.29, 0.717) is 0 Å². The molecule has 0 fully saturated rings.